The molecule has 0 bridgehead atoms. The van der Waals surface area contributed by atoms with Gasteiger partial charge in [0.1, 0.15) is 0 Å². The van der Waals surface area contributed by atoms with E-state index in [4.69, 9.17) is 13.3 Å². The zero-order valence-corrected chi connectivity index (χ0v) is 7.51. The molecule has 0 unspecified atom stereocenters. The first-order chi connectivity index (χ1) is 4.79. The van der Waals surface area contributed by atoms with Crippen molar-refractivity contribution >= 4 is 8.80 Å². The van der Waals surface area contributed by atoms with Gasteiger partial charge in [-0.1, -0.05) is 6.08 Å². The molecule has 0 amide bonds. The molecule has 10 heavy (non-hydrogen) atoms. The summed E-state index contributed by atoms with van der Waals surface area (Å²) in [6.07, 6.45) is 3.06. The lowest BCUT2D eigenvalue weighted by Crippen LogP contribution is -2.42. The fourth-order valence-electron chi connectivity index (χ4n) is 0.944. The number of rotatable bonds is 4. The Bertz CT molecular complexity index is 143. The highest BCUT2D eigenvalue weighted by Gasteiger charge is 2.46. The van der Waals surface area contributed by atoms with Crippen molar-refractivity contribution in [3.05, 3.63) is 11.3 Å². The van der Waals surface area contributed by atoms with Crippen LogP contribution < -0.4 is 0 Å². The maximum Gasteiger partial charge on any atom is 0.532 e. The first-order valence-corrected chi connectivity index (χ1v) is 4.86. The maximum atomic E-state index is 5.19. The molecule has 58 valence electrons. The Hall–Kier alpha value is -0.163. The molecule has 0 aromatic rings. The summed E-state index contributed by atoms with van der Waals surface area (Å²) in [6, 6.07) is 0. The highest BCUT2D eigenvalue weighted by molar-refractivity contribution is 6.69. The molecule has 1 aliphatic carbocycles. The lowest BCUT2D eigenvalue weighted by atomic mass is 10.9. The van der Waals surface area contributed by atoms with Gasteiger partial charge in [0.25, 0.3) is 0 Å². The van der Waals surface area contributed by atoms with E-state index in [2.05, 4.69) is 6.08 Å². The second kappa shape index (κ2) is 2.83. The zero-order valence-electron chi connectivity index (χ0n) is 6.51. The average molecular weight is 160 g/mol. The SMILES string of the molecule is CO[Si](OC)(OC)C1=CC1. The van der Waals surface area contributed by atoms with Gasteiger partial charge >= 0.3 is 8.80 Å². The highest BCUT2D eigenvalue weighted by Crippen LogP contribution is 2.30. The Labute approximate surface area is 62.0 Å². The second-order valence-corrected chi connectivity index (χ2v) is 5.08. The van der Waals surface area contributed by atoms with Gasteiger partial charge < -0.3 is 13.3 Å². The smallest absolute Gasteiger partial charge is 0.374 e. The van der Waals surface area contributed by atoms with Crippen molar-refractivity contribution < 1.29 is 13.3 Å². The summed E-state index contributed by atoms with van der Waals surface area (Å²) in [6.45, 7) is 0. The number of hydrogen-bond donors (Lipinski definition) is 0. The van der Waals surface area contributed by atoms with Crippen molar-refractivity contribution in [1.29, 1.82) is 0 Å². The fourth-order valence-corrected chi connectivity index (χ4v) is 2.83. The summed E-state index contributed by atoms with van der Waals surface area (Å²) in [5.74, 6) is 0. The minimum absolute atomic E-state index is 0.988. The van der Waals surface area contributed by atoms with Gasteiger partial charge in [-0.15, -0.1) is 0 Å². The molecule has 0 aromatic carbocycles. The molecule has 0 heterocycles. The van der Waals surface area contributed by atoms with Gasteiger partial charge in [0.05, 0.1) is 0 Å². The van der Waals surface area contributed by atoms with E-state index in [1.165, 1.54) is 5.20 Å². The van der Waals surface area contributed by atoms with Gasteiger partial charge in [0.15, 0.2) is 0 Å². The van der Waals surface area contributed by atoms with E-state index < -0.39 is 8.80 Å². The first kappa shape index (κ1) is 7.94. The van der Waals surface area contributed by atoms with E-state index in [1.807, 2.05) is 0 Å². The Morgan fingerprint density at radius 1 is 1.20 bits per heavy atom. The molecule has 0 aromatic heterocycles. The standard InChI is InChI=1S/C6H12O3Si/c1-7-10(8-2,9-3)6-4-5-6/h4H,5H2,1-3H3. The normalized spacial score (nSPS) is 16.9. The Balaban J connectivity index is 2.62. The molecule has 0 radical (unpaired) electrons. The van der Waals surface area contributed by atoms with Gasteiger partial charge in [0.2, 0.25) is 0 Å². The minimum atomic E-state index is -2.32. The van der Waals surface area contributed by atoms with Crippen molar-refractivity contribution in [2.24, 2.45) is 0 Å². The lowest BCUT2D eigenvalue weighted by molar-refractivity contribution is 0.136. The molecule has 1 aliphatic rings. The molecule has 0 N–H and O–H groups in total. The number of hydrogen-bond acceptors (Lipinski definition) is 3. The third kappa shape index (κ3) is 1.15. The van der Waals surface area contributed by atoms with Gasteiger partial charge in [-0.05, 0) is 6.42 Å². The molecular formula is C6H12O3Si. The summed E-state index contributed by atoms with van der Waals surface area (Å²) >= 11 is 0. The Morgan fingerprint density at radius 3 is 1.70 bits per heavy atom. The van der Waals surface area contributed by atoms with E-state index in [0.717, 1.165) is 6.42 Å². The lowest BCUT2D eigenvalue weighted by Gasteiger charge is -2.21. The molecule has 0 saturated carbocycles. The summed E-state index contributed by atoms with van der Waals surface area (Å²) in [5, 5.41) is 1.19. The van der Waals surface area contributed by atoms with E-state index in [9.17, 15) is 0 Å². The average Bonchev–Trinajstić information content (AvgIpc) is 2.77. The fraction of sp³-hybridized carbons (Fsp3) is 0.667. The van der Waals surface area contributed by atoms with Crippen molar-refractivity contribution in [2.45, 2.75) is 6.42 Å². The topological polar surface area (TPSA) is 27.7 Å². The van der Waals surface area contributed by atoms with E-state index in [1.54, 1.807) is 21.3 Å². The van der Waals surface area contributed by atoms with Crippen LogP contribution in [0.4, 0.5) is 0 Å². The molecule has 4 heteroatoms. The largest absolute Gasteiger partial charge is 0.532 e. The molecule has 0 fully saturated rings. The van der Waals surface area contributed by atoms with E-state index >= 15 is 0 Å². The second-order valence-electron chi connectivity index (χ2n) is 2.10. The quantitative estimate of drug-likeness (QED) is 0.567. The van der Waals surface area contributed by atoms with Crippen molar-refractivity contribution in [3.8, 4) is 0 Å². The van der Waals surface area contributed by atoms with Crippen LogP contribution in [0.25, 0.3) is 0 Å². The van der Waals surface area contributed by atoms with Crippen LogP contribution in [0.3, 0.4) is 0 Å². The predicted molar refractivity (Wildman–Crippen MR) is 39.5 cm³/mol. The van der Waals surface area contributed by atoms with Crippen LogP contribution in [-0.4, -0.2) is 30.1 Å². The molecule has 0 atom stereocenters. The van der Waals surface area contributed by atoms with E-state index in [0.29, 0.717) is 0 Å². The van der Waals surface area contributed by atoms with Gasteiger partial charge in [-0.25, -0.2) is 0 Å². The molecule has 1 rings (SSSR count). The van der Waals surface area contributed by atoms with Crippen LogP contribution >= 0.6 is 0 Å². The van der Waals surface area contributed by atoms with Crippen LogP contribution in [-0.2, 0) is 13.3 Å². The molecular weight excluding hydrogens is 148 g/mol. The van der Waals surface area contributed by atoms with Crippen molar-refractivity contribution in [3.63, 3.8) is 0 Å². The van der Waals surface area contributed by atoms with Gasteiger partial charge in [0, 0.05) is 26.5 Å². The first-order valence-electron chi connectivity index (χ1n) is 3.14. The van der Waals surface area contributed by atoms with Gasteiger partial charge in [-0.2, -0.15) is 0 Å². The maximum absolute atomic E-state index is 5.19. The molecule has 0 aliphatic heterocycles. The summed E-state index contributed by atoms with van der Waals surface area (Å²) < 4.78 is 15.6. The monoisotopic (exact) mass is 160 g/mol. The van der Waals surface area contributed by atoms with Gasteiger partial charge in [-0.3, -0.25) is 0 Å². The third-order valence-electron chi connectivity index (χ3n) is 1.61. The van der Waals surface area contributed by atoms with Crippen molar-refractivity contribution in [1.82, 2.24) is 0 Å². The zero-order chi connectivity index (χ0) is 7.61. The van der Waals surface area contributed by atoms with Crippen LogP contribution in [0.2, 0.25) is 0 Å². The van der Waals surface area contributed by atoms with Crippen LogP contribution in [0.5, 0.6) is 0 Å². The highest BCUT2D eigenvalue weighted by atomic mass is 28.4. The van der Waals surface area contributed by atoms with Crippen molar-refractivity contribution in [2.75, 3.05) is 21.3 Å². The Kier molecular flexibility index (Phi) is 2.25. The third-order valence-corrected chi connectivity index (χ3v) is 4.41. The Morgan fingerprint density at radius 2 is 1.60 bits per heavy atom. The molecule has 0 saturated heterocycles. The number of allylic oxidation sites excluding steroid dienone is 2. The van der Waals surface area contributed by atoms with Crippen LogP contribution in [0, 0.1) is 0 Å². The minimum Gasteiger partial charge on any atom is -0.374 e. The summed E-state index contributed by atoms with van der Waals surface area (Å²) in [7, 11) is 2.55. The van der Waals surface area contributed by atoms with Crippen LogP contribution in [0.15, 0.2) is 11.3 Å². The van der Waals surface area contributed by atoms with E-state index in [-0.39, 0.29) is 0 Å². The molecule has 3 nitrogen and oxygen atoms in total. The molecule has 0 spiro atoms. The summed E-state index contributed by atoms with van der Waals surface area (Å²) in [5.41, 5.74) is 0. The predicted octanol–water partition coefficient (Wildman–Crippen LogP) is 0.734. The summed E-state index contributed by atoms with van der Waals surface area (Å²) in [4.78, 5) is 0. The van der Waals surface area contributed by atoms with Crippen LogP contribution in [0.1, 0.15) is 6.42 Å².